The predicted octanol–water partition coefficient (Wildman–Crippen LogP) is 3.31. The topological polar surface area (TPSA) is 18.5 Å². The van der Waals surface area contributed by atoms with Crippen LogP contribution in [0.2, 0.25) is 0 Å². The van der Waals surface area contributed by atoms with Gasteiger partial charge < -0.3 is 0 Å². The van der Waals surface area contributed by atoms with Crippen molar-refractivity contribution < 1.29 is 49.0 Å². The second-order valence-electron chi connectivity index (χ2n) is 2.85. The standard InChI is InChI=1S/C5ClF9O2/c6-2(7,8)1(3(9,10)11)16-4(12,13)5(14,15)17-1. The molecule has 1 saturated heterocycles. The smallest absolute Gasteiger partial charge is 0.265 e. The highest BCUT2D eigenvalue weighted by atomic mass is 35.5. The van der Waals surface area contributed by atoms with Crippen molar-refractivity contribution in [3.05, 3.63) is 0 Å². The van der Waals surface area contributed by atoms with Crippen LogP contribution in [0.5, 0.6) is 0 Å². The van der Waals surface area contributed by atoms with Gasteiger partial charge in [-0.15, -0.1) is 0 Å². The van der Waals surface area contributed by atoms with Crippen molar-refractivity contribution in [3.63, 3.8) is 0 Å². The number of hydrogen-bond donors (Lipinski definition) is 0. The summed E-state index contributed by atoms with van der Waals surface area (Å²) in [7, 11) is 0. The molecule has 0 bridgehead atoms. The highest BCUT2D eigenvalue weighted by molar-refractivity contribution is 6.22. The van der Waals surface area contributed by atoms with Gasteiger partial charge in [-0.1, -0.05) is 0 Å². The Bertz CT molecular complexity index is 286. The maximum absolute atomic E-state index is 12.4. The van der Waals surface area contributed by atoms with E-state index in [2.05, 4.69) is 21.1 Å². The van der Waals surface area contributed by atoms with E-state index >= 15 is 0 Å². The van der Waals surface area contributed by atoms with Gasteiger partial charge >= 0.3 is 29.6 Å². The lowest BCUT2D eigenvalue weighted by molar-refractivity contribution is -0.423. The maximum Gasteiger partial charge on any atom is 0.451 e. The molecule has 0 aliphatic carbocycles. The molecule has 1 aliphatic heterocycles. The predicted molar refractivity (Wildman–Crippen MR) is 31.7 cm³/mol. The zero-order valence-electron chi connectivity index (χ0n) is 7.10. The van der Waals surface area contributed by atoms with Gasteiger partial charge in [-0.25, -0.2) is 0 Å². The molecular formula is C5ClF9O2. The Morgan fingerprint density at radius 1 is 0.765 bits per heavy atom. The number of halogens is 10. The van der Waals surface area contributed by atoms with E-state index in [0.717, 1.165) is 0 Å². The quantitative estimate of drug-likeness (QED) is 0.546. The van der Waals surface area contributed by atoms with E-state index in [1.807, 2.05) is 0 Å². The lowest BCUT2D eigenvalue weighted by atomic mass is 10.3. The summed E-state index contributed by atoms with van der Waals surface area (Å²) >= 11 is 3.87. The van der Waals surface area contributed by atoms with E-state index in [-0.39, 0.29) is 0 Å². The van der Waals surface area contributed by atoms with Crippen LogP contribution in [0.1, 0.15) is 0 Å². The van der Waals surface area contributed by atoms with Crippen molar-refractivity contribution in [2.45, 2.75) is 29.6 Å². The first-order chi connectivity index (χ1) is 7.16. The average Bonchev–Trinajstić information content (AvgIpc) is 2.15. The number of hydrogen-bond acceptors (Lipinski definition) is 2. The Hall–Kier alpha value is -0.420. The average molecular weight is 298 g/mol. The minimum absolute atomic E-state index is 2.37. The summed E-state index contributed by atoms with van der Waals surface area (Å²) in [6.07, 6.45) is -18.2. The molecule has 0 N–H and O–H groups in total. The van der Waals surface area contributed by atoms with Gasteiger partial charge in [-0.05, 0) is 11.6 Å². The lowest BCUT2D eigenvalue weighted by Crippen LogP contribution is -2.58. The molecule has 12 heteroatoms. The normalized spacial score (nSPS) is 27.2. The minimum Gasteiger partial charge on any atom is -0.265 e. The van der Waals surface area contributed by atoms with Crippen LogP contribution in [0.4, 0.5) is 39.5 Å². The van der Waals surface area contributed by atoms with Gasteiger partial charge in [0.1, 0.15) is 0 Å². The fourth-order valence-corrected chi connectivity index (χ4v) is 1.08. The van der Waals surface area contributed by atoms with Crippen LogP contribution >= 0.6 is 11.6 Å². The summed E-state index contributed by atoms with van der Waals surface area (Å²) in [4.78, 5) is 0. The highest BCUT2D eigenvalue weighted by Gasteiger charge is 2.87. The van der Waals surface area contributed by atoms with Crippen LogP contribution in [-0.2, 0) is 9.47 Å². The summed E-state index contributed by atoms with van der Waals surface area (Å²) in [6.45, 7) is 0. The van der Waals surface area contributed by atoms with E-state index in [1.54, 1.807) is 0 Å². The molecule has 0 spiro atoms. The molecule has 0 atom stereocenters. The molecule has 17 heavy (non-hydrogen) atoms. The number of rotatable bonds is 1. The first-order valence-corrected chi connectivity index (χ1v) is 3.83. The van der Waals surface area contributed by atoms with Crippen LogP contribution < -0.4 is 0 Å². The molecule has 0 amide bonds. The molecule has 0 unspecified atom stereocenters. The van der Waals surface area contributed by atoms with Crippen molar-refractivity contribution in [1.29, 1.82) is 0 Å². The third-order valence-electron chi connectivity index (χ3n) is 1.63. The van der Waals surface area contributed by atoms with Crippen LogP contribution in [-0.4, -0.2) is 29.6 Å². The number of alkyl halides is 10. The third kappa shape index (κ3) is 1.93. The van der Waals surface area contributed by atoms with E-state index in [1.165, 1.54) is 0 Å². The summed E-state index contributed by atoms with van der Waals surface area (Å²) in [6, 6.07) is 0. The fraction of sp³-hybridized carbons (Fsp3) is 1.00. The Balaban J connectivity index is 3.34. The third-order valence-corrected chi connectivity index (χ3v) is 1.88. The monoisotopic (exact) mass is 298 g/mol. The van der Waals surface area contributed by atoms with Crippen LogP contribution in [0.3, 0.4) is 0 Å². The minimum atomic E-state index is -6.42. The van der Waals surface area contributed by atoms with Crippen LogP contribution in [0, 0.1) is 0 Å². The second-order valence-corrected chi connectivity index (χ2v) is 3.32. The van der Waals surface area contributed by atoms with Gasteiger partial charge in [0.15, 0.2) is 0 Å². The number of ether oxygens (including phenoxy) is 2. The highest BCUT2D eigenvalue weighted by Crippen LogP contribution is 2.60. The molecule has 2 nitrogen and oxygen atoms in total. The molecule has 0 saturated carbocycles. The first-order valence-electron chi connectivity index (χ1n) is 3.46. The molecule has 1 fully saturated rings. The summed E-state index contributed by atoms with van der Waals surface area (Å²) < 4.78 is 115. The molecule has 1 heterocycles. The van der Waals surface area contributed by atoms with Crippen molar-refractivity contribution in [1.82, 2.24) is 0 Å². The van der Waals surface area contributed by atoms with Crippen molar-refractivity contribution >= 4 is 11.6 Å². The Kier molecular flexibility index (Phi) is 2.86. The maximum atomic E-state index is 12.4. The van der Waals surface area contributed by atoms with E-state index < -0.39 is 29.6 Å². The zero-order chi connectivity index (χ0) is 13.9. The summed E-state index contributed by atoms with van der Waals surface area (Å²) in [5.41, 5.74) is 0. The van der Waals surface area contributed by atoms with Crippen molar-refractivity contribution in [2.24, 2.45) is 0 Å². The van der Waals surface area contributed by atoms with Crippen molar-refractivity contribution in [3.8, 4) is 0 Å². The second kappa shape index (κ2) is 3.32. The molecule has 102 valence electrons. The van der Waals surface area contributed by atoms with E-state index in [4.69, 9.17) is 0 Å². The lowest BCUT2D eigenvalue weighted by Gasteiger charge is -2.31. The molecule has 0 aromatic rings. The summed E-state index contributed by atoms with van der Waals surface area (Å²) in [5, 5.41) is -5.69. The molecule has 0 aromatic heterocycles. The largest absolute Gasteiger partial charge is 0.451 e. The van der Waals surface area contributed by atoms with E-state index in [0.29, 0.717) is 0 Å². The molecule has 1 rings (SSSR count). The summed E-state index contributed by atoms with van der Waals surface area (Å²) in [5.74, 6) is -5.63. The molecule has 0 aromatic carbocycles. The van der Waals surface area contributed by atoms with Gasteiger partial charge in [0.25, 0.3) is 0 Å². The Morgan fingerprint density at radius 3 is 1.18 bits per heavy atom. The van der Waals surface area contributed by atoms with Gasteiger partial charge in [0.05, 0.1) is 0 Å². The Labute approximate surface area is 91.2 Å². The van der Waals surface area contributed by atoms with E-state index in [9.17, 15) is 39.5 Å². The van der Waals surface area contributed by atoms with Gasteiger partial charge in [-0.2, -0.15) is 39.5 Å². The van der Waals surface area contributed by atoms with Crippen LogP contribution in [0.15, 0.2) is 0 Å². The Morgan fingerprint density at radius 2 is 1.06 bits per heavy atom. The van der Waals surface area contributed by atoms with Crippen LogP contribution in [0.25, 0.3) is 0 Å². The molecule has 1 aliphatic rings. The first kappa shape index (κ1) is 14.6. The van der Waals surface area contributed by atoms with Gasteiger partial charge in [0, 0.05) is 0 Å². The fourth-order valence-electron chi connectivity index (χ4n) is 0.893. The zero-order valence-corrected chi connectivity index (χ0v) is 7.85. The molecular weight excluding hydrogens is 298 g/mol. The van der Waals surface area contributed by atoms with Gasteiger partial charge in [-0.3, -0.25) is 9.47 Å². The molecule has 0 radical (unpaired) electrons. The SMILES string of the molecule is FC(F)(F)C1(C(F)(F)Cl)OC(F)(F)C(F)(F)O1. The van der Waals surface area contributed by atoms with Crippen molar-refractivity contribution in [2.75, 3.05) is 0 Å². The van der Waals surface area contributed by atoms with Gasteiger partial charge in [0.2, 0.25) is 0 Å².